The van der Waals surface area contributed by atoms with E-state index in [4.69, 9.17) is 0 Å². The number of aryl methyl sites for hydroxylation is 1. The Labute approximate surface area is 76.8 Å². The number of fused-ring (bicyclic) bond motifs is 1. The van der Waals surface area contributed by atoms with Crippen LogP contribution in [-0.2, 0) is 0 Å². The van der Waals surface area contributed by atoms with Gasteiger partial charge in [0.2, 0.25) is 0 Å². The number of nitrogens with zero attached hydrogens (tertiary/aromatic N) is 2. The third kappa shape index (κ3) is 1.22. The van der Waals surface area contributed by atoms with Crippen LogP contribution in [-0.4, -0.2) is 17.2 Å². The first-order chi connectivity index (χ1) is 6.33. The van der Waals surface area contributed by atoms with Crippen molar-refractivity contribution in [2.75, 3.05) is 12.4 Å². The third-order valence-corrected chi connectivity index (χ3v) is 2.11. The van der Waals surface area contributed by atoms with Gasteiger partial charge in [0.15, 0.2) is 5.82 Å². The first-order valence-corrected chi connectivity index (χ1v) is 4.22. The van der Waals surface area contributed by atoms with E-state index in [0.29, 0.717) is 0 Å². The Hall–Kier alpha value is -1.64. The summed E-state index contributed by atoms with van der Waals surface area (Å²) in [6.07, 6.45) is 0. The molecule has 1 N–H and O–H groups in total. The van der Waals surface area contributed by atoms with E-state index in [1.807, 2.05) is 32.2 Å². The summed E-state index contributed by atoms with van der Waals surface area (Å²) in [5.41, 5.74) is 0.967. The SMILES string of the molecule is CNc1nnc(C)c2ccccc12. The minimum atomic E-state index is 0.834. The molecule has 1 aromatic heterocycles. The van der Waals surface area contributed by atoms with Crippen molar-refractivity contribution in [3.05, 3.63) is 30.0 Å². The number of hydrogen-bond acceptors (Lipinski definition) is 3. The summed E-state index contributed by atoms with van der Waals surface area (Å²) < 4.78 is 0. The van der Waals surface area contributed by atoms with Gasteiger partial charge in [0.05, 0.1) is 5.69 Å². The van der Waals surface area contributed by atoms with E-state index in [9.17, 15) is 0 Å². The smallest absolute Gasteiger partial charge is 0.156 e. The van der Waals surface area contributed by atoms with Crippen molar-refractivity contribution >= 4 is 16.6 Å². The Balaban J connectivity index is 2.84. The lowest BCUT2D eigenvalue weighted by Crippen LogP contribution is -1.97. The molecule has 1 heterocycles. The van der Waals surface area contributed by atoms with Crippen LogP contribution < -0.4 is 5.32 Å². The average Bonchev–Trinajstić information content (AvgIpc) is 2.19. The molecule has 0 aliphatic carbocycles. The lowest BCUT2D eigenvalue weighted by molar-refractivity contribution is 1.00. The van der Waals surface area contributed by atoms with Crippen LogP contribution in [0.3, 0.4) is 0 Å². The first kappa shape index (κ1) is 7.98. The van der Waals surface area contributed by atoms with Crippen molar-refractivity contribution in [2.45, 2.75) is 6.92 Å². The topological polar surface area (TPSA) is 37.8 Å². The van der Waals surface area contributed by atoms with Gasteiger partial charge in [0, 0.05) is 17.8 Å². The summed E-state index contributed by atoms with van der Waals surface area (Å²) >= 11 is 0. The highest BCUT2D eigenvalue weighted by atomic mass is 15.2. The summed E-state index contributed by atoms with van der Waals surface area (Å²) in [7, 11) is 1.85. The molecule has 0 aliphatic heterocycles. The largest absolute Gasteiger partial charge is 0.371 e. The van der Waals surface area contributed by atoms with E-state index in [2.05, 4.69) is 21.6 Å². The van der Waals surface area contributed by atoms with Gasteiger partial charge in [-0.25, -0.2) is 0 Å². The van der Waals surface area contributed by atoms with Crippen LogP contribution >= 0.6 is 0 Å². The highest BCUT2D eigenvalue weighted by Crippen LogP contribution is 2.21. The highest BCUT2D eigenvalue weighted by molar-refractivity contribution is 5.92. The van der Waals surface area contributed by atoms with E-state index < -0.39 is 0 Å². The van der Waals surface area contributed by atoms with Gasteiger partial charge >= 0.3 is 0 Å². The third-order valence-electron chi connectivity index (χ3n) is 2.11. The number of aromatic nitrogens is 2. The summed E-state index contributed by atoms with van der Waals surface area (Å²) in [5, 5.41) is 13.4. The highest BCUT2D eigenvalue weighted by Gasteiger charge is 2.02. The first-order valence-electron chi connectivity index (χ1n) is 4.22. The lowest BCUT2D eigenvalue weighted by Gasteiger charge is -2.04. The average molecular weight is 173 g/mol. The Bertz CT molecular complexity index is 437. The van der Waals surface area contributed by atoms with E-state index in [-0.39, 0.29) is 0 Å². The zero-order chi connectivity index (χ0) is 9.26. The molecule has 0 bridgehead atoms. The molecule has 0 atom stereocenters. The maximum absolute atomic E-state index is 4.07. The maximum atomic E-state index is 4.07. The second kappa shape index (κ2) is 3.01. The number of benzene rings is 1. The second-order valence-electron chi connectivity index (χ2n) is 2.93. The van der Waals surface area contributed by atoms with Crippen LogP contribution in [0.25, 0.3) is 10.8 Å². The van der Waals surface area contributed by atoms with Gasteiger partial charge in [-0.1, -0.05) is 24.3 Å². The predicted molar refractivity (Wildman–Crippen MR) is 53.8 cm³/mol. The fourth-order valence-electron chi connectivity index (χ4n) is 1.42. The summed E-state index contributed by atoms with van der Waals surface area (Å²) in [5.74, 6) is 0.834. The minimum absolute atomic E-state index is 0.834. The van der Waals surface area contributed by atoms with Crippen LogP contribution in [0.15, 0.2) is 24.3 Å². The molecule has 66 valence electrons. The van der Waals surface area contributed by atoms with E-state index >= 15 is 0 Å². The second-order valence-corrected chi connectivity index (χ2v) is 2.93. The maximum Gasteiger partial charge on any atom is 0.156 e. The van der Waals surface area contributed by atoms with Gasteiger partial charge in [-0.2, -0.15) is 5.10 Å². The van der Waals surface area contributed by atoms with Gasteiger partial charge in [0.25, 0.3) is 0 Å². The number of nitrogens with one attached hydrogen (secondary N) is 1. The summed E-state index contributed by atoms with van der Waals surface area (Å²) in [6, 6.07) is 8.11. The van der Waals surface area contributed by atoms with Crippen molar-refractivity contribution in [1.82, 2.24) is 10.2 Å². The van der Waals surface area contributed by atoms with Crippen LogP contribution in [0.1, 0.15) is 5.69 Å². The zero-order valence-corrected chi connectivity index (χ0v) is 7.70. The monoisotopic (exact) mass is 173 g/mol. The molecule has 2 aromatic rings. The van der Waals surface area contributed by atoms with Crippen molar-refractivity contribution in [2.24, 2.45) is 0 Å². The van der Waals surface area contributed by atoms with Crippen molar-refractivity contribution in [1.29, 1.82) is 0 Å². The van der Waals surface area contributed by atoms with Crippen molar-refractivity contribution in [3.63, 3.8) is 0 Å². The Morgan fingerprint density at radius 2 is 1.77 bits per heavy atom. The van der Waals surface area contributed by atoms with Gasteiger partial charge < -0.3 is 5.32 Å². The van der Waals surface area contributed by atoms with Crippen LogP contribution in [0.5, 0.6) is 0 Å². The Morgan fingerprint density at radius 1 is 1.08 bits per heavy atom. The molecule has 0 unspecified atom stereocenters. The molecule has 0 spiro atoms. The quantitative estimate of drug-likeness (QED) is 0.716. The molecular formula is C10H11N3. The molecule has 0 fully saturated rings. The minimum Gasteiger partial charge on any atom is -0.371 e. The van der Waals surface area contributed by atoms with Gasteiger partial charge in [0.1, 0.15) is 0 Å². The number of rotatable bonds is 1. The fraction of sp³-hybridized carbons (Fsp3) is 0.200. The molecule has 0 saturated heterocycles. The van der Waals surface area contributed by atoms with E-state index in [1.54, 1.807) is 0 Å². The standard InChI is InChI=1S/C10H11N3/c1-7-8-5-3-4-6-9(8)10(11-2)13-12-7/h3-6H,1-2H3,(H,11,13). The molecule has 3 nitrogen and oxygen atoms in total. The zero-order valence-electron chi connectivity index (χ0n) is 7.70. The number of hydrogen-bond donors (Lipinski definition) is 1. The Morgan fingerprint density at radius 3 is 2.46 bits per heavy atom. The lowest BCUT2D eigenvalue weighted by atomic mass is 10.1. The van der Waals surface area contributed by atoms with E-state index in [0.717, 1.165) is 22.3 Å². The Kier molecular flexibility index (Phi) is 1.85. The van der Waals surface area contributed by atoms with Crippen molar-refractivity contribution < 1.29 is 0 Å². The molecule has 0 amide bonds. The number of anilines is 1. The molecular weight excluding hydrogens is 162 g/mol. The van der Waals surface area contributed by atoms with Gasteiger partial charge in [-0.3, -0.25) is 0 Å². The summed E-state index contributed by atoms with van der Waals surface area (Å²) in [6.45, 7) is 1.97. The summed E-state index contributed by atoms with van der Waals surface area (Å²) in [4.78, 5) is 0. The van der Waals surface area contributed by atoms with Crippen LogP contribution in [0.2, 0.25) is 0 Å². The van der Waals surface area contributed by atoms with E-state index in [1.165, 1.54) is 0 Å². The molecule has 0 aliphatic rings. The fourth-order valence-corrected chi connectivity index (χ4v) is 1.42. The molecule has 13 heavy (non-hydrogen) atoms. The predicted octanol–water partition coefficient (Wildman–Crippen LogP) is 1.98. The van der Waals surface area contributed by atoms with Crippen LogP contribution in [0.4, 0.5) is 5.82 Å². The van der Waals surface area contributed by atoms with Gasteiger partial charge in [-0.05, 0) is 6.92 Å². The molecule has 0 radical (unpaired) electrons. The molecule has 0 saturated carbocycles. The molecule has 3 heteroatoms. The normalized spacial score (nSPS) is 10.3. The molecule has 1 aromatic carbocycles. The van der Waals surface area contributed by atoms with Crippen LogP contribution in [0, 0.1) is 6.92 Å². The molecule has 2 rings (SSSR count). The van der Waals surface area contributed by atoms with Gasteiger partial charge in [-0.15, -0.1) is 5.10 Å². The van der Waals surface area contributed by atoms with Crippen molar-refractivity contribution in [3.8, 4) is 0 Å².